The fourth-order valence-electron chi connectivity index (χ4n) is 1.08. The van der Waals surface area contributed by atoms with Crippen molar-refractivity contribution in [1.82, 2.24) is 0 Å². The first-order chi connectivity index (χ1) is 4.72. The second-order valence-corrected chi connectivity index (χ2v) is 2.37. The lowest BCUT2D eigenvalue weighted by Gasteiger charge is -2.01. The van der Waals surface area contributed by atoms with E-state index in [9.17, 15) is 9.18 Å². The molecule has 0 aromatic carbocycles. The molecule has 0 aromatic heterocycles. The van der Waals surface area contributed by atoms with E-state index in [0.717, 1.165) is 12.8 Å². The number of hydrogen-bond donors (Lipinski definition) is 1. The highest BCUT2D eigenvalue weighted by Crippen LogP contribution is 2.22. The van der Waals surface area contributed by atoms with Crippen molar-refractivity contribution in [2.45, 2.75) is 25.4 Å². The minimum atomic E-state index is -1.76. The van der Waals surface area contributed by atoms with Gasteiger partial charge in [-0.25, -0.2) is 9.18 Å². The van der Waals surface area contributed by atoms with Crippen LogP contribution in [0.1, 0.15) is 19.3 Å². The molecule has 0 spiro atoms. The average molecular weight is 144 g/mol. The van der Waals surface area contributed by atoms with Crippen LogP contribution in [0.2, 0.25) is 0 Å². The van der Waals surface area contributed by atoms with Gasteiger partial charge in [-0.05, 0) is 24.8 Å². The minimum absolute atomic E-state index is 0.438. The van der Waals surface area contributed by atoms with E-state index in [1.807, 2.05) is 0 Å². The van der Waals surface area contributed by atoms with Gasteiger partial charge in [-0.15, -0.1) is 0 Å². The Balaban J connectivity index is 2.55. The second kappa shape index (κ2) is 2.82. The molecule has 0 amide bonds. The van der Waals surface area contributed by atoms with E-state index < -0.39 is 12.1 Å². The van der Waals surface area contributed by atoms with Gasteiger partial charge in [0.2, 0.25) is 6.17 Å². The monoisotopic (exact) mass is 144 g/mol. The van der Waals surface area contributed by atoms with E-state index in [2.05, 4.69) is 0 Å². The smallest absolute Gasteiger partial charge is 0.342 e. The Kier molecular flexibility index (Phi) is 2.04. The molecule has 1 unspecified atom stereocenters. The summed E-state index contributed by atoms with van der Waals surface area (Å²) in [6, 6.07) is 0. The number of allylic oxidation sites excluding steroid dienone is 1. The first-order valence-electron chi connectivity index (χ1n) is 3.27. The molecule has 1 N–H and O–H groups in total. The normalized spacial score (nSPS) is 20.3. The lowest BCUT2D eigenvalue weighted by atomic mass is 10.1. The summed E-state index contributed by atoms with van der Waals surface area (Å²) < 4.78 is 12.6. The molecule has 1 aliphatic carbocycles. The van der Waals surface area contributed by atoms with E-state index in [-0.39, 0.29) is 0 Å². The molecule has 0 fully saturated rings. The van der Waals surface area contributed by atoms with Crippen molar-refractivity contribution in [1.29, 1.82) is 0 Å². The number of hydrogen-bond acceptors (Lipinski definition) is 1. The Morgan fingerprint density at radius 3 is 2.90 bits per heavy atom. The van der Waals surface area contributed by atoms with Crippen molar-refractivity contribution < 1.29 is 14.3 Å². The zero-order valence-corrected chi connectivity index (χ0v) is 5.51. The number of rotatable bonds is 2. The van der Waals surface area contributed by atoms with Crippen LogP contribution in [0.4, 0.5) is 4.39 Å². The van der Waals surface area contributed by atoms with Gasteiger partial charge in [0.05, 0.1) is 0 Å². The molecule has 0 saturated carbocycles. The molecule has 0 radical (unpaired) electrons. The number of alkyl halides is 1. The largest absolute Gasteiger partial charge is 0.479 e. The van der Waals surface area contributed by atoms with Crippen LogP contribution in [0.25, 0.3) is 0 Å². The molecule has 0 aliphatic heterocycles. The summed E-state index contributed by atoms with van der Waals surface area (Å²) in [4.78, 5) is 10.1. The molecule has 0 aromatic rings. The van der Waals surface area contributed by atoms with Crippen molar-refractivity contribution in [3.8, 4) is 0 Å². The first kappa shape index (κ1) is 7.25. The topological polar surface area (TPSA) is 37.3 Å². The lowest BCUT2D eigenvalue weighted by Crippen LogP contribution is -2.15. The molecule has 0 saturated heterocycles. The second-order valence-electron chi connectivity index (χ2n) is 2.37. The SMILES string of the molecule is O=C(O)C(F)C1=CCCC1. The number of carbonyl (C=O) groups is 1. The Hall–Kier alpha value is -0.860. The summed E-state index contributed by atoms with van der Waals surface area (Å²) in [5, 5.41) is 8.23. The van der Waals surface area contributed by atoms with Crippen molar-refractivity contribution in [3.63, 3.8) is 0 Å². The number of carboxylic acids is 1. The van der Waals surface area contributed by atoms with Crippen LogP contribution in [-0.4, -0.2) is 17.2 Å². The third-order valence-electron chi connectivity index (χ3n) is 1.62. The van der Waals surface area contributed by atoms with Gasteiger partial charge in [-0.2, -0.15) is 0 Å². The van der Waals surface area contributed by atoms with Gasteiger partial charge in [0.15, 0.2) is 0 Å². The maximum Gasteiger partial charge on any atom is 0.342 e. The summed E-state index contributed by atoms with van der Waals surface area (Å²) in [5.74, 6) is -1.37. The highest BCUT2D eigenvalue weighted by Gasteiger charge is 2.22. The van der Waals surface area contributed by atoms with Gasteiger partial charge < -0.3 is 5.11 Å². The quantitative estimate of drug-likeness (QED) is 0.596. The predicted octanol–water partition coefficient (Wildman–Crippen LogP) is 1.52. The highest BCUT2D eigenvalue weighted by molar-refractivity contribution is 5.76. The van der Waals surface area contributed by atoms with Crippen LogP contribution in [0.5, 0.6) is 0 Å². The number of carboxylic acid groups (broad SMARTS) is 1. The fourth-order valence-corrected chi connectivity index (χ4v) is 1.08. The van der Waals surface area contributed by atoms with E-state index >= 15 is 0 Å². The minimum Gasteiger partial charge on any atom is -0.479 e. The molecule has 1 rings (SSSR count). The van der Waals surface area contributed by atoms with Crippen molar-refractivity contribution in [2.24, 2.45) is 0 Å². The molecule has 56 valence electrons. The fraction of sp³-hybridized carbons (Fsp3) is 0.571. The van der Waals surface area contributed by atoms with E-state index in [1.54, 1.807) is 6.08 Å². The average Bonchev–Trinajstić information content (AvgIpc) is 2.36. The number of halogens is 1. The molecule has 10 heavy (non-hydrogen) atoms. The third-order valence-corrected chi connectivity index (χ3v) is 1.62. The molecule has 1 aliphatic rings. The van der Waals surface area contributed by atoms with Crippen molar-refractivity contribution in [3.05, 3.63) is 11.6 Å². The van der Waals surface area contributed by atoms with Crippen LogP contribution >= 0.6 is 0 Å². The standard InChI is InChI=1S/C7H9FO2/c8-6(7(9)10)5-3-1-2-4-5/h3,6H,1-2,4H2,(H,9,10). The van der Waals surface area contributed by atoms with Crippen LogP contribution < -0.4 is 0 Å². The van der Waals surface area contributed by atoms with Gasteiger partial charge in [0.25, 0.3) is 0 Å². The van der Waals surface area contributed by atoms with E-state index in [1.165, 1.54) is 0 Å². The molecule has 3 heteroatoms. The molecule has 0 heterocycles. The number of aliphatic carboxylic acids is 1. The van der Waals surface area contributed by atoms with Gasteiger partial charge >= 0.3 is 5.97 Å². The van der Waals surface area contributed by atoms with Gasteiger partial charge in [0.1, 0.15) is 0 Å². The zero-order valence-electron chi connectivity index (χ0n) is 5.51. The first-order valence-corrected chi connectivity index (χ1v) is 3.27. The van der Waals surface area contributed by atoms with Crippen LogP contribution in [0.3, 0.4) is 0 Å². The predicted molar refractivity (Wildman–Crippen MR) is 34.5 cm³/mol. The Morgan fingerprint density at radius 1 is 1.80 bits per heavy atom. The highest BCUT2D eigenvalue weighted by atomic mass is 19.1. The molecular formula is C7H9FO2. The molecule has 0 bridgehead atoms. The summed E-state index contributed by atoms with van der Waals surface area (Å²) in [6.07, 6.45) is 2.24. The van der Waals surface area contributed by atoms with Crippen molar-refractivity contribution in [2.75, 3.05) is 0 Å². The van der Waals surface area contributed by atoms with Gasteiger partial charge in [0, 0.05) is 0 Å². The van der Waals surface area contributed by atoms with Gasteiger partial charge in [-0.3, -0.25) is 0 Å². The van der Waals surface area contributed by atoms with Crippen LogP contribution in [0, 0.1) is 0 Å². The van der Waals surface area contributed by atoms with Crippen LogP contribution in [-0.2, 0) is 4.79 Å². The summed E-state index contributed by atoms with van der Waals surface area (Å²) in [7, 11) is 0. The maximum absolute atomic E-state index is 12.6. The molecule has 2 nitrogen and oxygen atoms in total. The van der Waals surface area contributed by atoms with E-state index in [4.69, 9.17) is 5.11 Å². The van der Waals surface area contributed by atoms with Crippen molar-refractivity contribution >= 4 is 5.97 Å². The summed E-state index contributed by atoms with van der Waals surface area (Å²) in [5.41, 5.74) is 0.438. The summed E-state index contributed by atoms with van der Waals surface area (Å²) in [6.45, 7) is 0. The Labute approximate surface area is 58.4 Å². The molecular weight excluding hydrogens is 135 g/mol. The summed E-state index contributed by atoms with van der Waals surface area (Å²) >= 11 is 0. The maximum atomic E-state index is 12.6. The Morgan fingerprint density at radius 2 is 2.50 bits per heavy atom. The van der Waals surface area contributed by atoms with Crippen LogP contribution in [0.15, 0.2) is 11.6 Å². The lowest BCUT2D eigenvalue weighted by molar-refractivity contribution is -0.141. The Bertz CT molecular complexity index is 174. The van der Waals surface area contributed by atoms with Gasteiger partial charge in [-0.1, -0.05) is 6.08 Å². The third kappa shape index (κ3) is 1.35. The zero-order chi connectivity index (χ0) is 7.56. The molecule has 1 atom stereocenters. The van der Waals surface area contributed by atoms with E-state index in [0.29, 0.717) is 12.0 Å².